The summed E-state index contributed by atoms with van der Waals surface area (Å²) < 4.78 is 5.12. The van der Waals surface area contributed by atoms with Gasteiger partial charge in [-0.25, -0.2) is 0 Å². The molecule has 0 radical (unpaired) electrons. The number of unbranched alkanes of at least 4 members (excludes halogenated alkanes) is 2. The normalized spacial score (nSPS) is 11.8. The number of carbonyl (C=O) groups is 1. The fourth-order valence-electron chi connectivity index (χ4n) is 1.72. The van der Waals surface area contributed by atoms with E-state index in [1.54, 1.807) is 13.2 Å². The van der Waals surface area contributed by atoms with Crippen LogP contribution in [0.2, 0.25) is 0 Å². The van der Waals surface area contributed by atoms with Crippen LogP contribution in [-0.2, 0) is 4.79 Å². The van der Waals surface area contributed by atoms with Crippen LogP contribution in [0.1, 0.15) is 32.6 Å². The lowest BCUT2D eigenvalue weighted by molar-refractivity contribution is -0.115. The number of hydrogen-bond donors (Lipinski definition) is 1. The Balaban J connectivity index is 2.67. The molecule has 0 fully saturated rings. The van der Waals surface area contributed by atoms with E-state index in [-0.39, 0.29) is 5.78 Å². The van der Waals surface area contributed by atoms with E-state index in [4.69, 9.17) is 10.5 Å². The zero-order valence-electron chi connectivity index (χ0n) is 12.1. The number of nitrogens with zero attached hydrogens (tertiary/aromatic N) is 1. The molecule has 0 unspecified atom stereocenters. The summed E-state index contributed by atoms with van der Waals surface area (Å²) in [5, 5.41) is 0. The van der Waals surface area contributed by atoms with Gasteiger partial charge in [0.15, 0.2) is 5.78 Å². The molecule has 0 aliphatic rings. The van der Waals surface area contributed by atoms with Crippen molar-refractivity contribution in [1.82, 2.24) is 0 Å². The molecular formula is C16H22N2O2. The maximum atomic E-state index is 11.9. The molecule has 4 nitrogen and oxygen atoms in total. The maximum Gasteiger partial charge on any atom is 0.165 e. The predicted molar refractivity (Wildman–Crippen MR) is 82.6 cm³/mol. The number of nitrogens with two attached hydrogens (primary N) is 1. The molecule has 0 amide bonds. The highest BCUT2D eigenvalue weighted by atomic mass is 16.5. The molecule has 0 spiro atoms. The second-order valence-corrected chi connectivity index (χ2v) is 4.46. The molecule has 0 saturated heterocycles. The molecule has 0 saturated carbocycles. The molecule has 0 aromatic heterocycles. The van der Waals surface area contributed by atoms with E-state index in [9.17, 15) is 4.79 Å². The van der Waals surface area contributed by atoms with Gasteiger partial charge in [-0.05, 0) is 18.6 Å². The summed E-state index contributed by atoms with van der Waals surface area (Å²) in [4.78, 5) is 16.2. The summed E-state index contributed by atoms with van der Waals surface area (Å²) in [6.07, 6.45) is 6.38. The summed E-state index contributed by atoms with van der Waals surface area (Å²) >= 11 is 0. The monoisotopic (exact) mass is 274 g/mol. The molecule has 0 bridgehead atoms. The third-order valence-corrected chi connectivity index (χ3v) is 2.91. The van der Waals surface area contributed by atoms with E-state index in [0.717, 1.165) is 30.7 Å². The standard InChI is InChI=1S/C16H22N2O2/c1-3-4-5-9-16(19)13(11-17)12-18-14-7-6-8-15(10-14)20-2/h6-8,10-12H,3-5,9,17H2,1-2H3. The quantitative estimate of drug-likeness (QED) is 0.449. The highest BCUT2D eigenvalue weighted by Crippen LogP contribution is 2.19. The fourth-order valence-corrected chi connectivity index (χ4v) is 1.72. The van der Waals surface area contributed by atoms with Crippen molar-refractivity contribution in [2.75, 3.05) is 7.11 Å². The van der Waals surface area contributed by atoms with Crippen LogP contribution in [0.4, 0.5) is 5.69 Å². The number of ketones is 1. The maximum absolute atomic E-state index is 11.9. The Labute approximate surface area is 120 Å². The third-order valence-electron chi connectivity index (χ3n) is 2.91. The lowest BCUT2D eigenvalue weighted by Gasteiger charge is -2.02. The molecule has 0 atom stereocenters. The average Bonchev–Trinajstić information content (AvgIpc) is 2.48. The van der Waals surface area contributed by atoms with Crippen LogP contribution in [-0.4, -0.2) is 19.1 Å². The molecule has 1 aromatic carbocycles. The van der Waals surface area contributed by atoms with Gasteiger partial charge in [0.25, 0.3) is 0 Å². The molecule has 2 N–H and O–H groups in total. The minimum Gasteiger partial charge on any atom is -0.497 e. The van der Waals surface area contributed by atoms with Gasteiger partial charge in [0.2, 0.25) is 0 Å². The zero-order valence-corrected chi connectivity index (χ0v) is 12.1. The first kappa shape index (κ1) is 16.0. The van der Waals surface area contributed by atoms with Crippen LogP contribution < -0.4 is 10.5 Å². The first-order valence-electron chi connectivity index (χ1n) is 6.84. The van der Waals surface area contributed by atoms with Crippen molar-refractivity contribution in [3.8, 4) is 5.75 Å². The zero-order chi connectivity index (χ0) is 14.8. The summed E-state index contributed by atoms with van der Waals surface area (Å²) in [6, 6.07) is 7.33. The molecule has 0 heterocycles. The summed E-state index contributed by atoms with van der Waals surface area (Å²) in [7, 11) is 1.60. The number of benzene rings is 1. The van der Waals surface area contributed by atoms with E-state index in [0.29, 0.717) is 12.0 Å². The number of methoxy groups -OCH3 is 1. The third kappa shape index (κ3) is 5.26. The van der Waals surface area contributed by atoms with Gasteiger partial charge in [0.1, 0.15) is 5.75 Å². The number of aliphatic imine (C=N–C) groups is 1. The molecule has 4 heteroatoms. The smallest absolute Gasteiger partial charge is 0.165 e. The van der Waals surface area contributed by atoms with Crippen molar-refractivity contribution in [3.63, 3.8) is 0 Å². The number of carbonyl (C=O) groups excluding carboxylic acids is 1. The van der Waals surface area contributed by atoms with Crippen molar-refractivity contribution in [1.29, 1.82) is 0 Å². The predicted octanol–water partition coefficient (Wildman–Crippen LogP) is 3.39. The number of rotatable bonds is 8. The largest absolute Gasteiger partial charge is 0.497 e. The van der Waals surface area contributed by atoms with Crippen molar-refractivity contribution in [2.24, 2.45) is 10.7 Å². The number of Topliss-reactive ketones (excluding diaryl/α,β-unsaturated/α-hetero) is 1. The Kier molecular flexibility index (Phi) is 7.11. The van der Waals surface area contributed by atoms with Crippen LogP contribution in [0, 0.1) is 0 Å². The van der Waals surface area contributed by atoms with E-state index in [2.05, 4.69) is 11.9 Å². The van der Waals surface area contributed by atoms with Gasteiger partial charge in [-0.1, -0.05) is 25.8 Å². The topological polar surface area (TPSA) is 64.7 Å². The summed E-state index contributed by atoms with van der Waals surface area (Å²) in [5.41, 5.74) is 6.67. The molecule has 0 aliphatic heterocycles. The van der Waals surface area contributed by atoms with Gasteiger partial charge in [-0.2, -0.15) is 0 Å². The number of allylic oxidation sites excluding steroid dienone is 1. The number of hydrogen-bond acceptors (Lipinski definition) is 4. The van der Waals surface area contributed by atoms with Crippen molar-refractivity contribution >= 4 is 17.7 Å². The van der Waals surface area contributed by atoms with Crippen LogP contribution >= 0.6 is 0 Å². The minimum absolute atomic E-state index is 0.0348. The van der Waals surface area contributed by atoms with Gasteiger partial charge >= 0.3 is 0 Å². The highest BCUT2D eigenvalue weighted by molar-refractivity contribution is 6.13. The second-order valence-electron chi connectivity index (χ2n) is 4.46. The van der Waals surface area contributed by atoms with E-state index in [1.165, 1.54) is 12.4 Å². The van der Waals surface area contributed by atoms with E-state index >= 15 is 0 Å². The summed E-state index contributed by atoms with van der Waals surface area (Å²) in [5.74, 6) is 0.764. The fraction of sp³-hybridized carbons (Fsp3) is 0.375. The van der Waals surface area contributed by atoms with E-state index in [1.807, 2.05) is 18.2 Å². The molecular weight excluding hydrogens is 252 g/mol. The lowest BCUT2D eigenvalue weighted by atomic mass is 10.1. The molecule has 0 aliphatic carbocycles. The van der Waals surface area contributed by atoms with Crippen molar-refractivity contribution in [2.45, 2.75) is 32.6 Å². The van der Waals surface area contributed by atoms with Gasteiger partial charge in [0, 0.05) is 24.9 Å². The molecule has 1 aromatic rings. The number of ether oxygens (including phenoxy) is 1. The SMILES string of the molecule is CCCCCC(=O)C(C=Nc1cccc(OC)c1)=CN. The average molecular weight is 274 g/mol. The van der Waals surface area contributed by atoms with Gasteiger partial charge in [-0.15, -0.1) is 0 Å². The second kappa shape index (κ2) is 8.91. The van der Waals surface area contributed by atoms with Gasteiger partial charge in [0.05, 0.1) is 18.4 Å². The van der Waals surface area contributed by atoms with Crippen LogP contribution in [0.15, 0.2) is 41.0 Å². The van der Waals surface area contributed by atoms with Gasteiger partial charge in [-0.3, -0.25) is 9.79 Å². The van der Waals surface area contributed by atoms with Crippen molar-refractivity contribution < 1.29 is 9.53 Å². The lowest BCUT2D eigenvalue weighted by Crippen LogP contribution is -2.06. The van der Waals surface area contributed by atoms with Gasteiger partial charge < -0.3 is 10.5 Å². The first-order valence-corrected chi connectivity index (χ1v) is 6.84. The Bertz CT molecular complexity index is 493. The van der Waals surface area contributed by atoms with Crippen molar-refractivity contribution in [3.05, 3.63) is 36.0 Å². The Morgan fingerprint density at radius 1 is 1.40 bits per heavy atom. The molecule has 108 valence electrons. The highest BCUT2D eigenvalue weighted by Gasteiger charge is 2.06. The minimum atomic E-state index is 0.0348. The van der Waals surface area contributed by atoms with E-state index < -0.39 is 0 Å². The molecule has 1 rings (SSSR count). The van der Waals surface area contributed by atoms with Crippen LogP contribution in [0.3, 0.4) is 0 Å². The van der Waals surface area contributed by atoms with Crippen LogP contribution in [0.25, 0.3) is 0 Å². The summed E-state index contributed by atoms with van der Waals surface area (Å²) in [6.45, 7) is 2.11. The Morgan fingerprint density at radius 3 is 2.85 bits per heavy atom. The Morgan fingerprint density at radius 2 is 2.20 bits per heavy atom. The Hall–Kier alpha value is -2.10. The van der Waals surface area contributed by atoms with Crippen LogP contribution in [0.5, 0.6) is 5.75 Å². The molecule has 20 heavy (non-hydrogen) atoms. The first-order chi connectivity index (χ1) is 9.71.